The first-order valence-electron chi connectivity index (χ1n) is 5.74. The van der Waals surface area contributed by atoms with E-state index in [2.05, 4.69) is 10.2 Å². The number of hydrogen-bond acceptors (Lipinski definition) is 5. The first-order chi connectivity index (χ1) is 8.45. The minimum atomic E-state index is -3.65. The number of H-pyrrole nitrogens is 1. The second-order valence-electron chi connectivity index (χ2n) is 4.46. The molecule has 1 aromatic rings. The molecule has 7 nitrogen and oxygen atoms in total. The highest BCUT2D eigenvalue weighted by atomic mass is 32.2. The third-order valence-electron chi connectivity index (χ3n) is 2.83. The summed E-state index contributed by atoms with van der Waals surface area (Å²) in [7, 11) is -3.65. The lowest BCUT2D eigenvalue weighted by molar-refractivity contribution is -0.0441. The number of ether oxygens (including phenoxy) is 1. The molecular formula is C10H17N3O4S. The third kappa shape index (κ3) is 2.41. The van der Waals surface area contributed by atoms with Crippen molar-refractivity contribution in [3.05, 3.63) is 11.8 Å². The summed E-state index contributed by atoms with van der Waals surface area (Å²) >= 11 is 0. The second kappa shape index (κ2) is 4.96. The van der Waals surface area contributed by atoms with Gasteiger partial charge in [0.25, 0.3) is 10.0 Å². The number of nitrogens with one attached hydrogen (secondary N) is 1. The van der Waals surface area contributed by atoms with Gasteiger partial charge in [-0.2, -0.15) is 9.40 Å². The zero-order chi connectivity index (χ0) is 13.3. The van der Waals surface area contributed by atoms with E-state index in [4.69, 9.17) is 9.84 Å². The third-order valence-corrected chi connectivity index (χ3v) is 4.68. The van der Waals surface area contributed by atoms with Crippen LogP contribution in [0.15, 0.2) is 11.2 Å². The molecule has 0 spiro atoms. The summed E-state index contributed by atoms with van der Waals surface area (Å²) in [5.41, 5.74) is 0.279. The van der Waals surface area contributed by atoms with Crippen molar-refractivity contribution in [3.8, 4) is 0 Å². The maximum atomic E-state index is 12.4. The highest BCUT2D eigenvalue weighted by Crippen LogP contribution is 2.21. The van der Waals surface area contributed by atoms with Crippen molar-refractivity contribution >= 4 is 10.0 Å². The largest absolute Gasteiger partial charge is 0.392 e. The van der Waals surface area contributed by atoms with Crippen molar-refractivity contribution in [1.29, 1.82) is 0 Å². The molecule has 2 atom stereocenters. The van der Waals surface area contributed by atoms with Crippen molar-refractivity contribution in [1.82, 2.24) is 14.5 Å². The van der Waals surface area contributed by atoms with Crippen molar-refractivity contribution in [2.75, 3.05) is 13.1 Å². The van der Waals surface area contributed by atoms with Crippen LogP contribution in [0.3, 0.4) is 0 Å². The summed E-state index contributed by atoms with van der Waals surface area (Å²) in [6, 6.07) is 0. The van der Waals surface area contributed by atoms with E-state index in [-0.39, 0.29) is 29.4 Å². The van der Waals surface area contributed by atoms with Gasteiger partial charge in [0.1, 0.15) is 0 Å². The van der Waals surface area contributed by atoms with Gasteiger partial charge in [-0.3, -0.25) is 5.10 Å². The lowest BCUT2D eigenvalue weighted by Gasteiger charge is -2.34. The zero-order valence-corrected chi connectivity index (χ0v) is 11.1. The molecule has 1 fully saturated rings. The van der Waals surface area contributed by atoms with Crippen molar-refractivity contribution in [3.63, 3.8) is 0 Å². The average Bonchev–Trinajstić information content (AvgIpc) is 2.76. The second-order valence-corrected chi connectivity index (χ2v) is 6.34. The van der Waals surface area contributed by atoms with Gasteiger partial charge in [-0.15, -0.1) is 0 Å². The van der Waals surface area contributed by atoms with Crippen LogP contribution < -0.4 is 0 Å². The normalized spacial score (nSPS) is 26.4. The van der Waals surface area contributed by atoms with E-state index in [0.29, 0.717) is 13.1 Å². The van der Waals surface area contributed by atoms with Crippen LogP contribution in [0, 0.1) is 0 Å². The minimum Gasteiger partial charge on any atom is -0.392 e. The number of aromatic amines is 1. The Balaban J connectivity index is 2.31. The van der Waals surface area contributed by atoms with Crippen LogP contribution >= 0.6 is 0 Å². The molecule has 0 bridgehead atoms. The maximum Gasteiger partial charge on any atom is 0.260 e. The van der Waals surface area contributed by atoms with Crippen molar-refractivity contribution < 1.29 is 18.3 Å². The summed E-state index contributed by atoms with van der Waals surface area (Å²) in [5.74, 6) is 0. The number of morpholine rings is 1. The Kier molecular flexibility index (Phi) is 3.71. The molecule has 0 amide bonds. The molecule has 1 saturated heterocycles. The molecule has 2 heterocycles. The van der Waals surface area contributed by atoms with Crippen LogP contribution in [0.2, 0.25) is 0 Å². The first kappa shape index (κ1) is 13.5. The molecule has 2 N–H and O–H groups in total. The van der Waals surface area contributed by atoms with Gasteiger partial charge in [0.05, 0.1) is 25.0 Å². The summed E-state index contributed by atoms with van der Waals surface area (Å²) < 4.78 is 31.7. The Morgan fingerprint density at radius 1 is 1.50 bits per heavy atom. The summed E-state index contributed by atoms with van der Waals surface area (Å²) in [6.45, 7) is 3.91. The van der Waals surface area contributed by atoms with E-state index < -0.39 is 10.0 Å². The van der Waals surface area contributed by atoms with Gasteiger partial charge < -0.3 is 9.84 Å². The monoisotopic (exact) mass is 275 g/mol. The van der Waals surface area contributed by atoms with Crippen LogP contribution in [0.1, 0.15) is 19.4 Å². The maximum absolute atomic E-state index is 12.4. The SMILES string of the molecule is CC1CN(S(=O)(=O)c2[nH]ncc2CO)CC(C)O1. The van der Waals surface area contributed by atoms with Crippen LogP contribution in [-0.4, -0.2) is 53.3 Å². The van der Waals surface area contributed by atoms with E-state index >= 15 is 0 Å². The standard InChI is InChI=1S/C10H17N3O4S/c1-7-4-13(5-8(2)17-7)18(15,16)10-9(6-14)3-11-12-10/h3,7-8,14H,4-6H2,1-2H3,(H,11,12). The van der Waals surface area contributed by atoms with E-state index in [0.717, 1.165) is 0 Å². The fourth-order valence-electron chi connectivity index (χ4n) is 2.09. The molecule has 2 rings (SSSR count). The number of aromatic nitrogens is 2. The van der Waals surface area contributed by atoms with E-state index in [9.17, 15) is 8.42 Å². The molecule has 1 aliphatic heterocycles. The van der Waals surface area contributed by atoms with Crippen LogP contribution in [0.25, 0.3) is 0 Å². The molecule has 0 aromatic carbocycles. The summed E-state index contributed by atoms with van der Waals surface area (Å²) in [5, 5.41) is 15.2. The molecule has 0 saturated carbocycles. The molecule has 18 heavy (non-hydrogen) atoms. The Hall–Kier alpha value is -0.960. The predicted octanol–water partition coefficient (Wildman–Crippen LogP) is -0.300. The number of nitrogens with zero attached hydrogens (tertiary/aromatic N) is 2. The smallest absolute Gasteiger partial charge is 0.260 e. The minimum absolute atomic E-state index is 0.0358. The average molecular weight is 275 g/mol. The molecule has 1 aromatic heterocycles. The number of sulfonamides is 1. The fraction of sp³-hybridized carbons (Fsp3) is 0.700. The molecule has 102 valence electrons. The Bertz CT molecular complexity index is 503. The van der Waals surface area contributed by atoms with Gasteiger partial charge in [0.2, 0.25) is 0 Å². The highest BCUT2D eigenvalue weighted by Gasteiger charge is 2.34. The quantitative estimate of drug-likeness (QED) is 0.789. The lowest BCUT2D eigenvalue weighted by atomic mass is 10.3. The van der Waals surface area contributed by atoms with Gasteiger partial charge in [-0.25, -0.2) is 8.42 Å². The molecular weight excluding hydrogens is 258 g/mol. The van der Waals surface area contributed by atoms with Gasteiger partial charge in [0.15, 0.2) is 5.03 Å². The first-order valence-corrected chi connectivity index (χ1v) is 7.18. The Morgan fingerprint density at radius 2 is 2.11 bits per heavy atom. The number of aliphatic hydroxyl groups is 1. The van der Waals surface area contributed by atoms with Crippen LogP contribution in [0.5, 0.6) is 0 Å². The van der Waals surface area contributed by atoms with Gasteiger partial charge >= 0.3 is 0 Å². The fourth-order valence-corrected chi connectivity index (χ4v) is 3.78. The van der Waals surface area contributed by atoms with Gasteiger partial charge in [0, 0.05) is 18.7 Å². The Labute approximate surface area is 106 Å². The summed E-state index contributed by atoms with van der Waals surface area (Å²) in [6.07, 6.45) is 1.02. The predicted molar refractivity (Wildman–Crippen MR) is 63.3 cm³/mol. The van der Waals surface area contributed by atoms with Crippen molar-refractivity contribution in [2.45, 2.75) is 37.7 Å². The molecule has 2 unspecified atom stereocenters. The molecule has 0 aliphatic carbocycles. The number of rotatable bonds is 3. The van der Waals surface area contributed by atoms with E-state index in [1.807, 2.05) is 13.8 Å². The number of aliphatic hydroxyl groups excluding tert-OH is 1. The molecule has 1 aliphatic rings. The van der Waals surface area contributed by atoms with Crippen LogP contribution in [-0.2, 0) is 21.4 Å². The van der Waals surface area contributed by atoms with E-state index in [1.165, 1.54) is 10.5 Å². The molecule has 8 heteroatoms. The zero-order valence-electron chi connectivity index (χ0n) is 10.3. The van der Waals surface area contributed by atoms with Gasteiger partial charge in [-0.05, 0) is 13.8 Å². The van der Waals surface area contributed by atoms with E-state index in [1.54, 1.807) is 0 Å². The van der Waals surface area contributed by atoms with Gasteiger partial charge in [-0.1, -0.05) is 0 Å². The lowest BCUT2D eigenvalue weighted by Crippen LogP contribution is -2.48. The summed E-state index contributed by atoms with van der Waals surface area (Å²) in [4.78, 5) is 0. The van der Waals surface area contributed by atoms with Crippen molar-refractivity contribution in [2.24, 2.45) is 0 Å². The molecule has 0 radical (unpaired) electrons. The Morgan fingerprint density at radius 3 is 2.67 bits per heavy atom. The number of hydrogen-bond donors (Lipinski definition) is 2. The highest BCUT2D eigenvalue weighted by molar-refractivity contribution is 7.89. The van der Waals surface area contributed by atoms with Crippen LogP contribution in [0.4, 0.5) is 0 Å². The topological polar surface area (TPSA) is 95.5 Å².